The molecule has 2 N–H and O–H groups in total. The largest absolute Gasteiger partial charge is 0.416 e. The highest BCUT2D eigenvalue weighted by Gasteiger charge is 2.31. The molecule has 0 aliphatic carbocycles. The molecule has 0 spiro atoms. The first-order valence-electron chi connectivity index (χ1n) is 6.59. The van der Waals surface area contributed by atoms with Crippen molar-refractivity contribution in [1.29, 1.82) is 0 Å². The SMILES string of the molecule is COCCCNC(=O)CNS(=O)(=O)c1cccc(C(F)(F)F)c1. The first-order valence-corrected chi connectivity index (χ1v) is 8.07. The third-order valence-corrected chi connectivity index (χ3v) is 4.14. The van der Waals surface area contributed by atoms with Crippen molar-refractivity contribution in [2.75, 3.05) is 26.8 Å². The molecule has 1 aromatic rings. The summed E-state index contributed by atoms with van der Waals surface area (Å²) in [5, 5.41) is 2.45. The van der Waals surface area contributed by atoms with Crippen LogP contribution in [0, 0.1) is 0 Å². The molecule has 0 bridgehead atoms. The van der Waals surface area contributed by atoms with Gasteiger partial charge in [-0.3, -0.25) is 4.79 Å². The number of halogens is 3. The monoisotopic (exact) mass is 354 g/mol. The Labute approximate surface area is 132 Å². The van der Waals surface area contributed by atoms with Gasteiger partial charge in [0.05, 0.1) is 17.0 Å². The molecule has 1 rings (SSSR count). The van der Waals surface area contributed by atoms with Crippen LogP contribution in [-0.4, -0.2) is 41.1 Å². The molecule has 0 fully saturated rings. The fourth-order valence-electron chi connectivity index (χ4n) is 1.59. The summed E-state index contributed by atoms with van der Waals surface area (Å²) in [7, 11) is -2.70. The lowest BCUT2D eigenvalue weighted by atomic mass is 10.2. The van der Waals surface area contributed by atoms with Crippen molar-refractivity contribution in [3.63, 3.8) is 0 Å². The van der Waals surface area contributed by atoms with Gasteiger partial charge in [-0.2, -0.15) is 13.2 Å². The molecule has 0 aliphatic heterocycles. The zero-order chi connectivity index (χ0) is 17.5. The van der Waals surface area contributed by atoms with Crippen molar-refractivity contribution >= 4 is 15.9 Å². The number of hydrogen-bond acceptors (Lipinski definition) is 4. The summed E-state index contributed by atoms with van der Waals surface area (Å²) in [6.45, 7) is 0.180. The van der Waals surface area contributed by atoms with Crippen LogP contribution in [0.1, 0.15) is 12.0 Å². The van der Waals surface area contributed by atoms with E-state index in [1.54, 1.807) is 0 Å². The van der Waals surface area contributed by atoms with Crippen LogP contribution in [0.3, 0.4) is 0 Å². The summed E-state index contributed by atoms with van der Waals surface area (Å²) in [5.74, 6) is -0.586. The van der Waals surface area contributed by atoms with Gasteiger partial charge in [-0.15, -0.1) is 0 Å². The fourth-order valence-corrected chi connectivity index (χ4v) is 2.62. The molecule has 0 saturated carbocycles. The Morgan fingerprint density at radius 2 is 2.00 bits per heavy atom. The normalized spacial score (nSPS) is 12.2. The number of rotatable bonds is 8. The zero-order valence-electron chi connectivity index (χ0n) is 12.3. The Bertz CT molecular complexity index is 632. The lowest BCUT2D eigenvalue weighted by Crippen LogP contribution is -2.37. The predicted octanol–water partition coefficient (Wildman–Crippen LogP) is 1.14. The van der Waals surface area contributed by atoms with Gasteiger partial charge < -0.3 is 10.1 Å². The van der Waals surface area contributed by atoms with Gasteiger partial charge in [-0.05, 0) is 24.6 Å². The average molecular weight is 354 g/mol. The topological polar surface area (TPSA) is 84.5 Å². The van der Waals surface area contributed by atoms with Gasteiger partial charge in [-0.1, -0.05) is 6.07 Å². The number of sulfonamides is 1. The Morgan fingerprint density at radius 3 is 2.61 bits per heavy atom. The second-order valence-electron chi connectivity index (χ2n) is 4.55. The summed E-state index contributed by atoms with van der Waals surface area (Å²) in [6.07, 6.45) is -4.09. The number of carbonyl (C=O) groups is 1. The van der Waals surface area contributed by atoms with Crippen LogP contribution in [0.15, 0.2) is 29.2 Å². The number of hydrogen-bond donors (Lipinski definition) is 2. The molecule has 0 aliphatic rings. The quantitative estimate of drug-likeness (QED) is 0.686. The van der Waals surface area contributed by atoms with Crippen molar-refractivity contribution < 1.29 is 31.1 Å². The molecule has 0 atom stereocenters. The first-order chi connectivity index (χ1) is 10.7. The summed E-state index contributed by atoms with van der Waals surface area (Å²) >= 11 is 0. The van der Waals surface area contributed by atoms with Crippen LogP contribution in [-0.2, 0) is 25.7 Å². The third-order valence-electron chi connectivity index (χ3n) is 2.74. The van der Waals surface area contributed by atoms with Crippen LogP contribution in [0.2, 0.25) is 0 Å². The highest BCUT2D eigenvalue weighted by atomic mass is 32.2. The van der Waals surface area contributed by atoms with Crippen molar-refractivity contribution in [1.82, 2.24) is 10.0 Å². The molecular formula is C13H17F3N2O4S. The number of amides is 1. The van der Waals surface area contributed by atoms with Gasteiger partial charge in [0.2, 0.25) is 15.9 Å². The van der Waals surface area contributed by atoms with Crippen molar-refractivity contribution in [3.8, 4) is 0 Å². The Balaban J connectivity index is 2.64. The third kappa shape index (κ3) is 6.55. The molecule has 6 nitrogen and oxygen atoms in total. The Kier molecular flexibility index (Phi) is 6.98. The molecule has 0 unspecified atom stereocenters. The second kappa shape index (κ2) is 8.27. The van der Waals surface area contributed by atoms with E-state index >= 15 is 0 Å². The maximum Gasteiger partial charge on any atom is 0.416 e. The van der Waals surface area contributed by atoms with Gasteiger partial charge in [-0.25, -0.2) is 13.1 Å². The number of alkyl halides is 3. The Hall–Kier alpha value is -1.65. The molecule has 0 saturated heterocycles. The molecule has 130 valence electrons. The number of nitrogens with one attached hydrogen (secondary N) is 2. The smallest absolute Gasteiger partial charge is 0.385 e. The number of benzene rings is 1. The molecule has 0 aromatic heterocycles. The van der Waals surface area contributed by atoms with Gasteiger partial charge in [0.25, 0.3) is 0 Å². The maximum absolute atomic E-state index is 12.6. The molecule has 23 heavy (non-hydrogen) atoms. The van der Waals surface area contributed by atoms with E-state index in [1.807, 2.05) is 4.72 Å². The van der Waals surface area contributed by atoms with E-state index in [4.69, 9.17) is 4.74 Å². The fraction of sp³-hybridized carbons (Fsp3) is 0.462. The van der Waals surface area contributed by atoms with Crippen LogP contribution < -0.4 is 10.0 Å². The molecule has 10 heteroatoms. The number of ether oxygens (including phenoxy) is 1. The Morgan fingerprint density at radius 1 is 1.30 bits per heavy atom. The summed E-state index contributed by atoms with van der Waals surface area (Å²) < 4.78 is 68.3. The minimum atomic E-state index is -4.65. The minimum Gasteiger partial charge on any atom is -0.385 e. The molecular weight excluding hydrogens is 337 g/mol. The molecule has 1 aromatic carbocycles. The average Bonchev–Trinajstić information content (AvgIpc) is 2.49. The molecule has 0 heterocycles. The summed E-state index contributed by atoms with van der Waals surface area (Å²) in [5.41, 5.74) is -1.08. The van der Waals surface area contributed by atoms with Crippen LogP contribution in [0.4, 0.5) is 13.2 Å². The van der Waals surface area contributed by atoms with E-state index in [1.165, 1.54) is 7.11 Å². The summed E-state index contributed by atoms with van der Waals surface area (Å²) in [4.78, 5) is 10.9. The molecule has 1 amide bonds. The van der Waals surface area contributed by atoms with Crippen molar-refractivity contribution in [3.05, 3.63) is 29.8 Å². The van der Waals surface area contributed by atoms with Crippen molar-refractivity contribution in [2.45, 2.75) is 17.5 Å². The number of methoxy groups -OCH3 is 1. The van der Waals surface area contributed by atoms with Gasteiger partial charge in [0.15, 0.2) is 0 Å². The minimum absolute atomic E-state index is 0.304. The predicted molar refractivity (Wildman–Crippen MR) is 76.1 cm³/mol. The summed E-state index contributed by atoms with van der Waals surface area (Å²) in [6, 6.07) is 3.29. The van der Waals surface area contributed by atoms with Gasteiger partial charge >= 0.3 is 6.18 Å². The van der Waals surface area contributed by atoms with E-state index in [-0.39, 0.29) is 0 Å². The van der Waals surface area contributed by atoms with E-state index in [9.17, 15) is 26.4 Å². The highest BCUT2D eigenvalue weighted by Crippen LogP contribution is 2.30. The van der Waals surface area contributed by atoms with Crippen LogP contribution in [0.5, 0.6) is 0 Å². The van der Waals surface area contributed by atoms with Crippen LogP contribution >= 0.6 is 0 Å². The number of carbonyl (C=O) groups excluding carboxylic acids is 1. The van der Waals surface area contributed by atoms with E-state index in [0.717, 1.165) is 18.2 Å². The second-order valence-corrected chi connectivity index (χ2v) is 6.31. The van der Waals surface area contributed by atoms with Gasteiger partial charge in [0.1, 0.15) is 0 Å². The maximum atomic E-state index is 12.6. The lowest BCUT2D eigenvalue weighted by molar-refractivity contribution is -0.137. The zero-order valence-corrected chi connectivity index (χ0v) is 13.1. The highest BCUT2D eigenvalue weighted by molar-refractivity contribution is 7.89. The van der Waals surface area contributed by atoms with Crippen molar-refractivity contribution in [2.24, 2.45) is 0 Å². The lowest BCUT2D eigenvalue weighted by Gasteiger charge is -2.10. The molecule has 0 radical (unpaired) electrons. The van der Waals surface area contributed by atoms with E-state index in [2.05, 4.69) is 5.32 Å². The van der Waals surface area contributed by atoms with E-state index in [0.29, 0.717) is 25.6 Å². The van der Waals surface area contributed by atoms with Gasteiger partial charge in [0, 0.05) is 20.3 Å². The first kappa shape index (κ1) is 19.4. The standard InChI is InChI=1S/C13H17F3N2O4S/c1-22-7-3-6-17-12(19)9-18-23(20,21)11-5-2-4-10(8-11)13(14,15)16/h2,4-5,8,18H,3,6-7,9H2,1H3,(H,17,19). The van der Waals surface area contributed by atoms with E-state index < -0.39 is 39.1 Å². The van der Waals surface area contributed by atoms with Crippen LogP contribution in [0.25, 0.3) is 0 Å².